The van der Waals surface area contributed by atoms with Gasteiger partial charge in [0, 0.05) is 30.0 Å². The standard InChI is InChI=1S/C17H28N2O/c1-13(11-18-8-3-4-9-18)12-19-14(2)10-15-16(19)6-5-7-17(15)20/h10,13,17,20H,3-9,11-12H2,1-2H3. The van der Waals surface area contributed by atoms with E-state index in [-0.39, 0.29) is 6.10 Å². The maximum atomic E-state index is 10.1. The number of hydrogen-bond donors (Lipinski definition) is 1. The molecule has 1 aliphatic carbocycles. The Morgan fingerprint density at radius 2 is 2.00 bits per heavy atom. The molecule has 0 spiro atoms. The van der Waals surface area contributed by atoms with Gasteiger partial charge in [0.1, 0.15) is 0 Å². The SMILES string of the molecule is Cc1cc2c(n1CC(C)CN1CCCC1)CCCC2O. The summed E-state index contributed by atoms with van der Waals surface area (Å²) in [6.45, 7) is 9.44. The molecule has 3 nitrogen and oxygen atoms in total. The van der Waals surface area contributed by atoms with Crippen molar-refractivity contribution in [1.82, 2.24) is 9.47 Å². The number of aryl methyl sites for hydroxylation is 1. The van der Waals surface area contributed by atoms with Crippen molar-refractivity contribution in [3.63, 3.8) is 0 Å². The van der Waals surface area contributed by atoms with E-state index in [1.54, 1.807) is 0 Å². The Hall–Kier alpha value is -0.800. The number of aliphatic hydroxyl groups is 1. The molecule has 112 valence electrons. The van der Waals surface area contributed by atoms with Gasteiger partial charge in [0.05, 0.1) is 6.10 Å². The van der Waals surface area contributed by atoms with Crippen LogP contribution in [0.5, 0.6) is 0 Å². The van der Waals surface area contributed by atoms with E-state index < -0.39 is 0 Å². The minimum atomic E-state index is -0.229. The lowest BCUT2D eigenvalue weighted by atomic mass is 9.95. The van der Waals surface area contributed by atoms with E-state index in [1.165, 1.54) is 49.4 Å². The molecule has 0 saturated carbocycles. The van der Waals surface area contributed by atoms with Gasteiger partial charge in [-0.25, -0.2) is 0 Å². The predicted molar refractivity (Wildman–Crippen MR) is 81.9 cm³/mol. The molecule has 1 aliphatic heterocycles. The molecule has 3 heteroatoms. The normalized spacial score (nSPS) is 24.9. The van der Waals surface area contributed by atoms with Gasteiger partial charge in [0.2, 0.25) is 0 Å². The van der Waals surface area contributed by atoms with Crippen LogP contribution in [0, 0.1) is 12.8 Å². The number of fused-ring (bicyclic) bond motifs is 1. The molecule has 2 atom stereocenters. The number of aliphatic hydroxyl groups excluding tert-OH is 1. The van der Waals surface area contributed by atoms with Gasteiger partial charge < -0.3 is 14.6 Å². The van der Waals surface area contributed by atoms with E-state index in [0.29, 0.717) is 5.92 Å². The zero-order chi connectivity index (χ0) is 14.1. The number of likely N-dealkylation sites (tertiary alicyclic amines) is 1. The molecule has 1 aromatic heterocycles. The van der Waals surface area contributed by atoms with Crippen LogP contribution in [0.3, 0.4) is 0 Å². The summed E-state index contributed by atoms with van der Waals surface area (Å²) in [6, 6.07) is 2.21. The van der Waals surface area contributed by atoms with Crippen LogP contribution in [0.25, 0.3) is 0 Å². The first-order valence-electron chi connectivity index (χ1n) is 8.24. The molecule has 0 radical (unpaired) electrons. The highest BCUT2D eigenvalue weighted by Crippen LogP contribution is 2.32. The van der Waals surface area contributed by atoms with Crippen LogP contribution in [-0.2, 0) is 13.0 Å². The van der Waals surface area contributed by atoms with Crippen molar-refractivity contribution in [3.8, 4) is 0 Å². The van der Waals surface area contributed by atoms with Gasteiger partial charge in [0.15, 0.2) is 0 Å². The molecule has 3 rings (SSSR count). The average molecular weight is 276 g/mol. The molecule has 1 N–H and O–H groups in total. The van der Waals surface area contributed by atoms with Crippen LogP contribution in [-0.4, -0.2) is 34.2 Å². The third-order valence-electron chi connectivity index (χ3n) is 4.96. The molecular formula is C17H28N2O. The van der Waals surface area contributed by atoms with Crippen LogP contribution in [0.4, 0.5) is 0 Å². The smallest absolute Gasteiger partial charge is 0.0807 e. The van der Waals surface area contributed by atoms with Crippen molar-refractivity contribution in [2.24, 2.45) is 5.92 Å². The lowest BCUT2D eigenvalue weighted by Gasteiger charge is -2.24. The van der Waals surface area contributed by atoms with Gasteiger partial charge >= 0.3 is 0 Å². The average Bonchev–Trinajstić information content (AvgIpc) is 3.01. The second-order valence-corrected chi connectivity index (χ2v) is 6.82. The molecule has 1 saturated heterocycles. The van der Waals surface area contributed by atoms with Crippen molar-refractivity contribution in [1.29, 1.82) is 0 Å². The van der Waals surface area contributed by atoms with Gasteiger partial charge in [0.25, 0.3) is 0 Å². The predicted octanol–water partition coefficient (Wildman–Crippen LogP) is 2.90. The molecule has 1 aromatic rings. The topological polar surface area (TPSA) is 28.4 Å². The third kappa shape index (κ3) is 2.79. The van der Waals surface area contributed by atoms with Crippen molar-refractivity contribution in [2.75, 3.05) is 19.6 Å². The molecule has 2 heterocycles. The Kier molecular flexibility index (Phi) is 4.18. The fraction of sp³-hybridized carbons (Fsp3) is 0.765. The van der Waals surface area contributed by atoms with Crippen LogP contribution >= 0.6 is 0 Å². The summed E-state index contributed by atoms with van der Waals surface area (Å²) >= 11 is 0. The summed E-state index contributed by atoms with van der Waals surface area (Å²) in [7, 11) is 0. The Bertz CT molecular complexity index is 460. The van der Waals surface area contributed by atoms with E-state index >= 15 is 0 Å². The second kappa shape index (κ2) is 5.90. The molecule has 0 amide bonds. The number of aromatic nitrogens is 1. The number of rotatable bonds is 4. The minimum Gasteiger partial charge on any atom is -0.388 e. The maximum Gasteiger partial charge on any atom is 0.0807 e. The van der Waals surface area contributed by atoms with E-state index in [0.717, 1.165) is 25.8 Å². The lowest BCUT2D eigenvalue weighted by molar-refractivity contribution is 0.155. The van der Waals surface area contributed by atoms with Crippen LogP contribution in [0.2, 0.25) is 0 Å². The van der Waals surface area contributed by atoms with Crippen molar-refractivity contribution >= 4 is 0 Å². The van der Waals surface area contributed by atoms with Gasteiger partial charge in [-0.2, -0.15) is 0 Å². The van der Waals surface area contributed by atoms with E-state index in [4.69, 9.17) is 0 Å². The molecule has 0 bridgehead atoms. The van der Waals surface area contributed by atoms with Crippen LogP contribution in [0.1, 0.15) is 55.7 Å². The lowest BCUT2D eigenvalue weighted by Crippen LogP contribution is -2.28. The Morgan fingerprint density at radius 3 is 2.75 bits per heavy atom. The van der Waals surface area contributed by atoms with Gasteiger partial charge in [-0.05, 0) is 64.1 Å². The van der Waals surface area contributed by atoms with Crippen LogP contribution < -0.4 is 0 Å². The van der Waals surface area contributed by atoms with Crippen molar-refractivity contribution in [2.45, 2.75) is 58.6 Å². The minimum absolute atomic E-state index is 0.229. The van der Waals surface area contributed by atoms with Gasteiger partial charge in [-0.15, -0.1) is 0 Å². The third-order valence-corrected chi connectivity index (χ3v) is 4.96. The molecular weight excluding hydrogens is 248 g/mol. The first kappa shape index (κ1) is 14.2. The summed E-state index contributed by atoms with van der Waals surface area (Å²) < 4.78 is 2.47. The summed E-state index contributed by atoms with van der Waals surface area (Å²) in [6.07, 6.45) is 5.70. The molecule has 0 aromatic carbocycles. The monoisotopic (exact) mass is 276 g/mol. The molecule has 20 heavy (non-hydrogen) atoms. The van der Waals surface area contributed by atoms with E-state index in [9.17, 15) is 5.11 Å². The Morgan fingerprint density at radius 1 is 1.25 bits per heavy atom. The van der Waals surface area contributed by atoms with Crippen molar-refractivity contribution in [3.05, 3.63) is 23.0 Å². The second-order valence-electron chi connectivity index (χ2n) is 6.82. The zero-order valence-electron chi connectivity index (χ0n) is 12.9. The summed E-state index contributed by atoms with van der Waals surface area (Å²) in [5.74, 6) is 0.683. The van der Waals surface area contributed by atoms with Crippen LogP contribution in [0.15, 0.2) is 6.07 Å². The highest BCUT2D eigenvalue weighted by molar-refractivity contribution is 5.31. The van der Waals surface area contributed by atoms with Crippen molar-refractivity contribution < 1.29 is 5.11 Å². The first-order valence-corrected chi connectivity index (χ1v) is 8.24. The maximum absolute atomic E-state index is 10.1. The highest BCUT2D eigenvalue weighted by atomic mass is 16.3. The largest absolute Gasteiger partial charge is 0.388 e. The summed E-state index contributed by atoms with van der Waals surface area (Å²) in [5, 5.41) is 10.1. The fourth-order valence-corrected chi connectivity index (χ4v) is 3.97. The first-order chi connectivity index (χ1) is 9.65. The molecule has 1 fully saturated rings. The summed E-state index contributed by atoms with van der Waals surface area (Å²) in [5.41, 5.74) is 3.92. The van der Waals surface area contributed by atoms with Gasteiger partial charge in [-0.1, -0.05) is 6.92 Å². The summed E-state index contributed by atoms with van der Waals surface area (Å²) in [4.78, 5) is 2.60. The number of hydrogen-bond acceptors (Lipinski definition) is 2. The highest BCUT2D eigenvalue weighted by Gasteiger charge is 2.24. The Labute approximate surface area is 122 Å². The molecule has 2 unspecified atom stereocenters. The number of nitrogens with zero attached hydrogens (tertiary/aromatic N) is 2. The van der Waals surface area contributed by atoms with E-state index in [2.05, 4.69) is 29.4 Å². The fourth-order valence-electron chi connectivity index (χ4n) is 3.97. The molecule has 2 aliphatic rings. The van der Waals surface area contributed by atoms with Gasteiger partial charge in [-0.3, -0.25) is 0 Å². The van der Waals surface area contributed by atoms with E-state index in [1.807, 2.05) is 0 Å². The Balaban J connectivity index is 1.70. The quantitative estimate of drug-likeness (QED) is 0.916. The zero-order valence-corrected chi connectivity index (χ0v) is 12.9.